The molecule has 0 aliphatic heterocycles. The largest absolute Gasteiger partial charge is 0.349 e. The summed E-state index contributed by atoms with van der Waals surface area (Å²) in [6, 6.07) is 8.13. The molecule has 1 aromatic rings. The first-order valence-electron chi connectivity index (χ1n) is 7.23. The smallest absolute Gasteiger partial charge is 0.224 e. The summed E-state index contributed by atoms with van der Waals surface area (Å²) in [4.78, 5) is 12.3. The predicted octanol–water partition coefficient (Wildman–Crippen LogP) is 3.64. The summed E-state index contributed by atoms with van der Waals surface area (Å²) in [7, 11) is 0. The Kier molecular flexibility index (Phi) is 7.24. The SMILES string of the molecule is CCC(NC(=O)C(CN)CC(C)C)c1ccc(Br)cc1. The zero-order valence-electron chi connectivity index (χ0n) is 12.5. The molecule has 3 nitrogen and oxygen atoms in total. The molecule has 2 atom stereocenters. The van der Waals surface area contributed by atoms with E-state index in [1.165, 1.54) is 0 Å². The standard InChI is InChI=1S/C16H25BrN2O/c1-4-15(12-5-7-14(17)8-6-12)19-16(20)13(10-18)9-11(2)3/h5-8,11,13,15H,4,9-10,18H2,1-3H3,(H,19,20). The van der Waals surface area contributed by atoms with Crippen LogP contribution in [0, 0.1) is 11.8 Å². The van der Waals surface area contributed by atoms with Crippen LogP contribution in [-0.2, 0) is 4.79 Å². The van der Waals surface area contributed by atoms with Gasteiger partial charge in [0.25, 0.3) is 0 Å². The molecule has 4 heteroatoms. The van der Waals surface area contributed by atoms with Crippen LogP contribution in [0.15, 0.2) is 28.7 Å². The summed E-state index contributed by atoms with van der Waals surface area (Å²) in [5.41, 5.74) is 6.86. The second kappa shape index (κ2) is 8.42. The van der Waals surface area contributed by atoms with E-state index in [9.17, 15) is 4.79 Å². The van der Waals surface area contributed by atoms with Gasteiger partial charge < -0.3 is 11.1 Å². The van der Waals surface area contributed by atoms with Gasteiger partial charge in [0.1, 0.15) is 0 Å². The second-order valence-corrected chi connectivity index (χ2v) is 6.50. The maximum absolute atomic E-state index is 12.3. The lowest BCUT2D eigenvalue weighted by Crippen LogP contribution is -2.37. The molecule has 0 saturated carbocycles. The lowest BCUT2D eigenvalue weighted by Gasteiger charge is -2.22. The van der Waals surface area contributed by atoms with Crippen LogP contribution in [0.4, 0.5) is 0 Å². The van der Waals surface area contributed by atoms with Gasteiger partial charge in [-0.2, -0.15) is 0 Å². The number of carbonyl (C=O) groups excluding carboxylic acids is 1. The predicted molar refractivity (Wildman–Crippen MR) is 87.3 cm³/mol. The van der Waals surface area contributed by atoms with Gasteiger partial charge in [0.05, 0.1) is 12.0 Å². The quantitative estimate of drug-likeness (QED) is 0.796. The van der Waals surface area contributed by atoms with Crippen molar-refractivity contribution in [3.63, 3.8) is 0 Å². The van der Waals surface area contributed by atoms with Gasteiger partial charge in [0.2, 0.25) is 5.91 Å². The van der Waals surface area contributed by atoms with E-state index < -0.39 is 0 Å². The van der Waals surface area contributed by atoms with Crippen LogP contribution in [-0.4, -0.2) is 12.5 Å². The number of nitrogens with one attached hydrogen (secondary N) is 1. The molecule has 0 saturated heterocycles. The maximum atomic E-state index is 12.3. The van der Waals surface area contributed by atoms with Crippen molar-refractivity contribution in [3.05, 3.63) is 34.3 Å². The summed E-state index contributed by atoms with van der Waals surface area (Å²) < 4.78 is 1.04. The molecule has 112 valence electrons. The van der Waals surface area contributed by atoms with Crippen molar-refractivity contribution in [1.82, 2.24) is 5.32 Å². The van der Waals surface area contributed by atoms with E-state index in [1.807, 2.05) is 24.3 Å². The minimum atomic E-state index is -0.0977. The van der Waals surface area contributed by atoms with Gasteiger partial charge in [-0.3, -0.25) is 4.79 Å². The van der Waals surface area contributed by atoms with Crippen LogP contribution in [0.25, 0.3) is 0 Å². The molecule has 0 aliphatic rings. The molecule has 0 heterocycles. The Hall–Kier alpha value is -0.870. The van der Waals surface area contributed by atoms with Gasteiger partial charge in [0.15, 0.2) is 0 Å². The zero-order valence-corrected chi connectivity index (χ0v) is 14.1. The molecule has 1 aromatic carbocycles. The average Bonchev–Trinajstić information content (AvgIpc) is 2.42. The number of carbonyl (C=O) groups is 1. The third-order valence-corrected chi connectivity index (χ3v) is 3.94. The lowest BCUT2D eigenvalue weighted by atomic mass is 9.95. The highest BCUT2D eigenvalue weighted by atomic mass is 79.9. The van der Waals surface area contributed by atoms with E-state index in [1.54, 1.807) is 0 Å². The maximum Gasteiger partial charge on any atom is 0.224 e. The third kappa shape index (κ3) is 5.25. The van der Waals surface area contributed by atoms with Gasteiger partial charge in [-0.1, -0.05) is 48.8 Å². The van der Waals surface area contributed by atoms with E-state index in [0.29, 0.717) is 12.5 Å². The van der Waals surface area contributed by atoms with Crippen molar-refractivity contribution < 1.29 is 4.79 Å². The van der Waals surface area contributed by atoms with Crippen molar-refractivity contribution >= 4 is 21.8 Å². The average molecular weight is 341 g/mol. The molecular formula is C16H25BrN2O. The van der Waals surface area contributed by atoms with Crippen LogP contribution in [0.3, 0.4) is 0 Å². The molecule has 1 amide bonds. The fourth-order valence-electron chi connectivity index (χ4n) is 2.29. The second-order valence-electron chi connectivity index (χ2n) is 5.58. The van der Waals surface area contributed by atoms with Crippen LogP contribution < -0.4 is 11.1 Å². The number of halogens is 1. The van der Waals surface area contributed by atoms with Gasteiger partial charge in [0, 0.05) is 11.0 Å². The first-order chi connectivity index (χ1) is 9.47. The molecular weight excluding hydrogens is 316 g/mol. The topological polar surface area (TPSA) is 55.1 Å². The number of benzene rings is 1. The third-order valence-electron chi connectivity index (χ3n) is 3.41. The van der Waals surface area contributed by atoms with E-state index in [-0.39, 0.29) is 17.9 Å². The first-order valence-corrected chi connectivity index (χ1v) is 8.03. The molecule has 2 unspecified atom stereocenters. The minimum absolute atomic E-state index is 0.0526. The normalized spacial score (nSPS) is 14.1. The highest BCUT2D eigenvalue weighted by Gasteiger charge is 2.21. The van der Waals surface area contributed by atoms with Crippen molar-refractivity contribution in [2.45, 2.75) is 39.7 Å². The molecule has 0 radical (unpaired) electrons. The van der Waals surface area contributed by atoms with E-state index in [0.717, 1.165) is 22.9 Å². The molecule has 1 rings (SSSR count). The number of rotatable bonds is 7. The number of amides is 1. The van der Waals surface area contributed by atoms with Crippen molar-refractivity contribution in [3.8, 4) is 0 Å². The minimum Gasteiger partial charge on any atom is -0.349 e. The molecule has 0 spiro atoms. The molecule has 0 aliphatic carbocycles. The lowest BCUT2D eigenvalue weighted by molar-refractivity contribution is -0.126. The Balaban J connectivity index is 2.72. The van der Waals surface area contributed by atoms with Crippen LogP contribution in [0.1, 0.15) is 45.2 Å². The van der Waals surface area contributed by atoms with Crippen LogP contribution in [0.5, 0.6) is 0 Å². The monoisotopic (exact) mass is 340 g/mol. The first kappa shape index (κ1) is 17.2. The summed E-state index contributed by atoms with van der Waals surface area (Å²) >= 11 is 3.43. The van der Waals surface area contributed by atoms with Crippen molar-refractivity contribution in [1.29, 1.82) is 0 Å². The van der Waals surface area contributed by atoms with Gasteiger partial charge in [-0.25, -0.2) is 0 Å². The van der Waals surface area contributed by atoms with Crippen molar-refractivity contribution in [2.24, 2.45) is 17.6 Å². The van der Waals surface area contributed by atoms with E-state index in [4.69, 9.17) is 5.73 Å². The van der Waals surface area contributed by atoms with E-state index in [2.05, 4.69) is 42.0 Å². The molecule has 0 bridgehead atoms. The highest BCUT2D eigenvalue weighted by Crippen LogP contribution is 2.20. The Morgan fingerprint density at radius 3 is 2.35 bits per heavy atom. The van der Waals surface area contributed by atoms with Crippen LogP contribution in [0.2, 0.25) is 0 Å². The van der Waals surface area contributed by atoms with Crippen LogP contribution >= 0.6 is 15.9 Å². The Bertz CT molecular complexity index is 417. The van der Waals surface area contributed by atoms with Gasteiger partial charge >= 0.3 is 0 Å². The fourth-order valence-corrected chi connectivity index (χ4v) is 2.55. The molecule has 3 N–H and O–H groups in total. The summed E-state index contributed by atoms with van der Waals surface area (Å²) in [6.07, 6.45) is 1.70. The summed E-state index contributed by atoms with van der Waals surface area (Å²) in [5, 5.41) is 3.12. The van der Waals surface area contributed by atoms with Crippen molar-refractivity contribution in [2.75, 3.05) is 6.54 Å². The summed E-state index contributed by atoms with van der Waals surface area (Å²) in [5.74, 6) is 0.442. The van der Waals surface area contributed by atoms with Gasteiger partial charge in [-0.05, 0) is 36.5 Å². The number of nitrogens with two attached hydrogens (primary N) is 1. The Labute approximate surface area is 130 Å². The van der Waals surface area contributed by atoms with Gasteiger partial charge in [-0.15, -0.1) is 0 Å². The highest BCUT2D eigenvalue weighted by molar-refractivity contribution is 9.10. The molecule has 0 fully saturated rings. The Morgan fingerprint density at radius 2 is 1.90 bits per heavy atom. The summed E-state index contributed by atoms with van der Waals surface area (Å²) in [6.45, 7) is 6.71. The molecule has 0 aromatic heterocycles. The molecule has 20 heavy (non-hydrogen) atoms. The fraction of sp³-hybridized carbons (Fsp3) is 0.562. The number of hydrogen-bond donors (Lipinski definition) is 2. The van der Waals surface area contributed by atoms with E-state index >= 15 is 0 Å². The number of hydrogen-bond acceptors (Lipinski definition) is 2. The zero-order chi connectivity index (χ0) is 15.1. The Morgan fingerprint density at radius 1 is 1.30 bits per heavy atom.